The first-order valence-corrected chi connectivity index (χ1v) is 18.1. The van der Waals surface area contributed by atoms with Crippen LogP contribution in [0.25, 0.3) is 0 Å². The summed E-state index contributed by atoms with van der Waals surface area (Å²) in [6.45, 7) is 7.68. The first-order chi connectivity index (χ1) is 28.3. The van der Waals surface area contributed by atoms with Gasteiger partial charge in [0, 0.05) is 27.7 Å². The van der Waals surface area contributed by atoms with Crippen molar-refractivity contribution in [2.75, 3.05) is 0 Å². The van der Waals surface area contributed by atoms with Crippen LogP contribution in [0.2, 0.25) is 0 Å². The van der Waals surface area contributed by atoms with Crippen molar-refractivity contribution in [3.05, 3.63) is 82.4 Å². The molecule has 0 atom stereocenters. The number of alkyl halides is 18. The molecule has 3 aromatic carbocycles. The standard InChI is InChI=1S/C39H32F18N2O4/c1-7-30(6,8-2)19-13-18(14-20(15-19)31(60,34(40,41)42)35(43,44)45)27-58-25-11-9-21(16-23(25)32(62-27,36(46,47)48)37(49,50)51)61-22-10-12-26-24(17-22)33(38(52,53)54,39(55,56)57)63-28(59-26)29(3,4)5/h9-17,60H,7-8H2,1-6H3. The maximum absolute atomic E-state index is 15.1. The Morgan fingerprint density at radius 3 is 1.32 bits per heavy atom. The third kappa shape index (κ3) is 7.80. The molecular formula is C39H32F18N2O4. The summed E-state index contributed by atoms with van der Waals surface area (Å²) in [6, 6.07) is 2.94. The van der Waals surface area contributed by atoms with E-state index in [-0.39, 0.29) is 37.1 Å². The number of rotatable bonds is 7. The molecule has 2 heterocycles. The number of halogens is 18. The molecule has 3 aromatic rings. The van der Waals surface area contributed by atoms with Crippen molar-refractivity contribution < 1.29 is 98.3 Å². The smallest absolute Gasteiger partial charge is 0.442 e. The normalized spacial score (nSPS) is 17.5. The van der Waals surface area contributed by atoms with E-state index in [1.165, 1.54) is 41.5 Å². The average molecular weight is 935 g/mol. The van der Waals surface area contributed by atoms with Gasteiger partial charge in [-0.05, 0) is 72.4 Å². The highest BCUT2D eigenvalue weighted by molar-refractivity contribution is 5.98. The van der Waals surface area contributed by atoms with Gasteiger partial charge in [0.05, 0.1) is 11.4 Å². The van der Waals surface area contributed by atoms with E-state index in [2.05, 4.69) is 19.5 Å². The van der Waals surface area contributed by atoms with E-state index < -0.39 is 127 Å². The van der Waals surface area contributed by atoms with E-state index in [9.17, 15) is 57.8 Å². The van der Waals surface area contributed by atoms with Gasteiger partial charge in [-0.25, -0.2) is 9.98 Å². The van der Waals surface area contributed by atoms with Crippen LogP contribution < -0.4 is 4.74 Å². The average Bonchev–Trinajstić information content (AvgIpc) is 3.12. The lowest BCUT2D eigenvalue weighted by Crippen LogP contribution is -2.58. The first kappa shape index (κ1) is 49.1. The van der Waals surface area contributed by atoms with Gasteiger partial charge in [0.1, 0.15) is 11.5 Å². The highest BCUT2D eigenvalue weighted by atomic mass is 19.4. The fourth-order valence-corrected chi connectivity index (χ4v) is 6.78. The van der Waals surface area contributed by atoms with Crippen molar-refractivity contribution in [1.82, 2.24) is 0 Å². The molecule has 5 rings (SSSR count). The highest BCUT2D eigenvalue weighted by Gasteiger charge is 2.78. The van der Waals surface area contributed by atoms with Crippen molar-refractivity contribution in [3.63, 3.8) is 0 Å². The van der Waals surface area contributed by atoms with Gasteiger partial charge in [-0.3, -0.25) is 0 Å². The number of nitrogens with zero attached hydrogens (tertiary/aromatic N) is 2. The number of benzene rings is 3. The number of aliphatic imine (C=N–C) groups is 2. The Hall–Kier alpha value is -4.90. The van der Waals surface area contributed by atoms with E-state index in [0.717, 1.165) is 0 Å². The van der Waals surface area contributed by atoms with Crippen LogP contribution >= 0.6 is 0 Å². The van der Waals surface area contributed by atoms with Crippen LogP contribution in [0.15, 0.2) is 64.6 Å². The predicted molar refractivity (Wildman–Crippen MR) is 186 cm³/mol. The number of hydrogen-bond donors (Lipinski definition) is 1. The molecule has 2 aliphatic heterocycles. The van der Waals surface area contributed by atoms with Gasteiger partial charge in [0.25, 0.3) is 5.60 Å². The topological polar surface area (TPSA) is 72.6 Å². The summed E-state index contributed by atoms with van der Waals surface area (Å²) in [5, 5.41) is 10.3. The summed E-state index contributed by atoms with van der Waals surface area (Å²) in [6.07, 6.45) is -39.1. The summed E-state index contributed by atoms with van der Waals surface area (Å²) in [4.78, 5) is 7.33. The summed E-state index contributed by atoms with van der Waals surface area (Å²) in [5.74, 6) is -4.97. The third-order valence-corrected chi connectivity index (χ3v) is 10.8. The van der Waals surface area contributed by atoms with E-state index in [4.69, 9.17) is 4.74 Å². The third-order valence-electron chi connectivity index (χ3n) is 10.8. The number of fused-ring (bicyclic) bond motifs is 2. The van der Waals surface area contributed by atoms with Gasteiger partial charge >= 0.3 is 48.3 Å². The Bertz CT molecular complexity index is 2260. The Kier molecular flexibility index (Phi) is 11.6. The summed E-state index contributed by atoms with van der Waals surface area (Å²) in [7, 11) is 0. The molecule has 0 unspecified atom stereocenters. The molecule has 0 amide bonds. The Morgan fingerprint density at radius 1 is 0.540 bits per heavy atom. The minimum absolute atomic E-state index is 0.0394. The zero-order valence-electron chi connectivity index (χ0n) is 33.0. The van der Waals surface area contributed by atoms with Gasteiger partial charge in [0.2, 0.25) is 5.90 Å². The van der Waals surface area contributed by atoms with Gasteiger partial charge in [0.15, 0.2) is 5.90 Å². The zero-order chi connectivity index (χ0) is 48.2. The molecule has 0 aromatic heterocycles. The monoisotopic (exact) mass is 934 g/mol. The lowest BCUT2D eigenvalue weighted by molar-refractivity contribution is -0.376. The maximum atomic E-state index is 15.1. The molecule has 2 aliphatic rings. The molecule has 0 aliphatic carbocycles. The molecule has 348 valence electrons. The van der Waals surface area contributed by atoms with Crippen LogP contribution in [0.1, 0.15) is 82.2 Å². The Balaban J connectivity index is 1.77. The number of hydrogen-bond acceptors (Lipinski definition) is 6. The molecule has 0 saturated heterocycles. The molecule has 0 bridgehead atoms. The summed E-state index contributed by atoms with van der Waals surface area (Å²) in [5.41, 5.74) is -29.3. The van der Waals surface area contributed by atoms with Crippen molar-refractivity contribution in [2.45, 2.75) is 114 Å². The second-order valence-corrected chi connectivity index (χ2v) is 15.9. The molecule has 1 N–H and O–H groups in total. The van der Waals surface area contributed by atoms with Crippen LogP contribution in [0.3, 0.4) is 0 Å². The minimum Gasteiger partial charge on any atom is -0.457 e. The minimum atomic E-state index is -6.63. The van der Waals surface area contributed by atoms with Crippen molar-refractivity contribution >= 4 is 23.2 Å². The molecule has 0 saturated carbocycles. The van der Waals surface area contributed by atoms with Gasteiger partial charge in [-0.2, -0.15) is 79.0 Å². The first-order valence-electron chi connectivity index (χ1n) is 18.1. The van der Waals surface area contributed by atoms with Crippen LogP contribution in [-0.2, 0) is 31.7 Å². The predicted octanol–water partition coefficient (Wildman–Crippen LogP) is 13.7. The van der Waals surface area contributed by atoms with E-state index >= 15 is 26.3 Å². The quantitative estimate of drug-likeness (QED) is 0.240. The summed E-state index contributed by atoms with van der Waals surface area (Å²) >= 11 is 0. The van der Waals surface area contributed by atoms with Crippen LogP contribution in [-0.4, -0.2) is 54.0 Å². The Labute approximate surface area is 344 Å². The molecule has 0 spiro atoms. The van der Waals surface area contributed by atoms with Crippen LogP contribution in [0, 0.1) is 5.41 Å². The SMILES string of the molecule is CCC(C)(CC)c1cc(C2=Nc3ccc(Oc4ccc5c(c4)C(C(F)(F)F)(C(F)(F)F)OC(C(C)(C)C)=N5)cc3C(C(F)(F)F)(C(F)(F)F)O2)cc(C(O)(C(F)(F)F)C(F)(F)F)c1. The van der Waals surface area contributed by atoms with E-state index in [0.29, 0.717) is 30.3 Å². The highest BCUT2D eigenvalue weighted by Crippen LogP contribution is 2.61. The molecule has 6 nitrogen and oxygen atoms in total. The molecule has 63 heavy (non-hydrogen) atoms. The fraction of sp³-hybridized carbons (Fsp3) is 0.487. The molecule has 0 fully saturated rings. The van der Waals surface area contributed by atoms with Gasteiger partial charge < -0.3 is 19.3 Å². The molecule has 0 radical (unpaired) electrons. The zero-order valence-corrected chi connectivity index (χ0v) is 33.0. The second kappa shape index (κ2) is 14.8. The number of ether oxygens (including phenoxy) is 3. The largest absolute Gasteiger partial charge is 0.457 e. The van der Waals surface area contributed by atoms with E-state index in [1.54, 1.807) is 0 Å². The van der Waals surface area contributed by atoms with Crippen molar-refractivity contribution in [2.24, 2.45) is 15.4 Å². The van der Waals surface area contributed by atoms with Crippen molar-refractivity contribution in [1.29, 1.82) is 0 Å². The Morgan fingerprint density at radius 2 is 0.937 bits per heavy atom. The van der Waals surface area contributed by atoms with Gasteiger partial charge in [-0.1, -0.05) is 47.6 Å². The second-order valence-electron chi connectivity index (χ2n) is 15.9. The maximum Gasteiger partial charge on any atom is 0.442 e. The fourth-order valence-electron chi connectivity index (χ4n) is 6.78. The van der Waals surface area contributed by atoms with Gasteiger partial charge in [-0.15, -0.1) is 0 Å². The molecule has 24 heteroatoms. The molecular weight excluding hydrogens is 902 g/mol. The summed E-state index contributed by atoms with van der Waals surface area (Å²) < 4.78 is 277. The lowest BCUT2D eigenvalue weighted by atomic mass is 9.75. The van der Waals surface area contributed by atoms with E-state index in [1.807, 2.05) is 0 Å². The van der Waals surface area contributed by atoms with Crippen LogP contribution in [0.5, 0.6) is 11.5 Å². The lowest BCUT2D eigenvalue weighted by Gasteiger charge is -2.42. The van der Waals surface area contributed by atoms with Crippen LogP contribution in [0.4, 0.5) is 90.4 Å². The van der Waals surface area contributed by atoms with Crippen molar-refractivity contribution in [3.8, 4) is 11.5 Å². The number of aliphatic hydroxyl groups is 1.